The van der Waals surface area contributed by atoms with E-state index in [0.717, 1.165) is 5.52 Å². The maximum Gasteiger partial charge on any atom is 0.0812 e. The molecule has 0 N–H and O–H groups in total. The molecule has 0 saturated heterocycles. The highest BCUT2D eigenvalue weighted by atomic mass is 32.2. The number of nitrogens with zero attached hydrogens (tertiary/aromatic N) is 1. The Morgan fingerprint density at radius 2 is 2.00 bits per heavy atom. The van der Waals surface area contributed by atoms with E-state index in [4.69, 9.17) is 0 Å². The standard InChI is InChI=1S/C7H5NS.H2SSi/c1-2-4-7-6(3-1)8-5-9-7;1-2/h1-5H;2H2. The van der Waals surface area contributed by atoms with Gasteiger partial charge in [-0.1, -0.05) is 12.1 Å². The quantitative estimate of drug-likeness (QED) is 0.599. The molecule has 0 aliphatic carbocycles. The zero-order valence-corrected chi connectivity index (χ0v) is 8.90. The summed E-state index contributed by atoms with van der Waals surface area (Å²) in [6, 6.07) is 8.13. The smallest absolute Gasteiger partial charge is 0.0812 e. The highest BCUT2D eigenvalue weighted by Crippen LogP contribution is 2.15. The lowest BCUT2D eigenvalue weighted by Crippen LogP contribution is -1.61. The van der Waals surface area contributed by atoms with Gasteiger partial charge >= 0.3 is 0 Å². The normalized spacial score (nSPS) is 8.73. The van der Waals surface area contributed by atoms with Crippen molar-refractivity contribution in [2.24, 2.45) is 0 Å². The Kier molecular flexibility index (Phi) is 3.48. The third kappa shape index (κ3) is 1.99. The molecular weight excluding hydrogens is 190 g/mol. The number of hydrogen-bond acceptors (Lipinski definition) is 3. The van der Waals surface area contributed by atoms with Crippen molar-refractivity contribution in [1.82, 2.24) is 4.98 Å². The fourth-order valence-electron chi connectivity index (χ4n) is 0.803. The molecule has 11 heavy (non-hydrogen) atoms. The van der Waals surface area contributed by atoms with Gasteiger partial charge < -0.3 is 0 Å². The van der Waals surface area contributed by atoms with E-state index in [0.29, 0.717) is 0 Å². The van der Waals surface area contributed by atoms with Crippen LogP contribution in [0.4, 0.5) is 0 Å². The molecule has 1 heterocycles. The van der Waals surface area contributed by atoms with E-state index in [9.17, 15) is 0 Å². The van der Waals surface area contributed by atoms with Crippen molar-refractivity contribution in [2.75, 3.05) is 0 Å². The van der Waals surface area contributed by atoms with E-state index in [-0.39, 0.29) is 0 Å². The van der Waals surface area contributed by atoms with Crippen molar-refractivity contribution in [3.05, 3.63) is 29.8 Å². The highest BCUT2D eigenvalue weighted by Gasteiger charge is 1.89. The molecule has 0 saturated carbocycles. The summed E-state index contributed by atoms with van der Waals surface area (Å²) in [5.41, 5.74) is 2.97. The molecule has 0 bridgehead atoms. The number of aromatic nitrogens is 1. The van der Waals surface area contributed by atoms with Gasteiger partial charge in [0.05, 0.1) is 24.7 Å². The number of rotatable bonds is 0. The largest absolute Gasteiger partial charge is 0.245 e. The van der Waals surface area contributed by atoms with Crippen LogP contribution in [0, 0.1) is 0 Å². The average Bonchev–Trinajstić information content (AvgIpc) is 2.55. The second-order valence-electron chi connectivity index (χ2n) is 1.82. The van der Waals surface area contributed by atoms with Gasteiger partial charge in [-0.15, -0.1) is 23.0 Å². The summed E-state index contributed by atoms with van der Waals surface area (Å²) in [5, 5.41) is 0. The van der Waals surface area contributed by atoms with Gasteiger partial charge in [-0.25, -0.2) is 4.98 Å². The molecule has 0 radical (unpaired) electrons. The van der Waals surface area contributed by atoms with Crippen molar-refractivity contribution in [3.8, 4) is 0 Å². The van der Waals surface area contributed by atoms with E-state index >= 15 is 0 Å². The van der Waals surface area contributed by atoms with Gasteiger partial charge in [-0.05, 0) is 12.1 Å². The Morgan fingerprint density at radius 1 is 1.27 bits per heavy atom. The maximum atomic E-state index is 4.14. The van der Waals surface area contributed by atoms with Crippen molar-refractivity contribution in [3.63, 3.8) is 0 Å². The van der Waals surface area contributed by atoms with Gasteiger partial charge in [0, 0.05) is 0 Å². The number of hydrogen-bond donors (Lipinski definition) is 0. The molecular formula is C7H7NS2Si. The van der Waals surface area contributed by atoms with Crippen molar-refractivity contribution < 1.29 is 0 Å². The Hall–Kier alpha value is -0.453. The second-order valence-corrected chi connectivity index (χ2v) is 2.71. The summed E-state index contributed by atoms with van der Waals surface area (Å²) in [5.74, 6) is 0. The minimum absolute atomic E-state index is 1.10. The molecule has 1 aromatic heterocycles. The Labute approximate surface area is 77.1 Å². The van der Waals surface area contributed by atoms with Gasteiger partial charge in [0.25, 0.3) is 0 Å². The molecule has 4 heteroatoms. The molecule has 0 aliphatic rings. The fourth-order valence-corrected chi connectivity index (χ4v) is 1.48. The predicted molar refractivity (Wildman–Crippen MR) is 55.8 cm³/mol. The van der Waals surface area contributed by atoms with Crippen LogP contribution in [-0.2, 0) is 0 Å². The van der Waals surface area contributed by atoms with Crippen LogP contribution in [0.5, 0.6) is 0 Å². The Balaban J connectivity index is 0.000000281. The first-order chi connectivity index (χ1) is 5.47. The molecule has 0 atom stereocenters. The summed E-state index contributed by atoms with van der Waals surface area (Å²) in [7, 11) is 1.44. The molecule has 0 spiro atoms. The van der Waals surface area contributed by atoms with E-state index < -0.39 is 0 Å². The monoisotopic (exact) mass is 197 g/mol. The molecule has 0 aliphatic heterocycles. The number of thiazole rings is 1. The highest BCUT2D eigenvalue weighted by molar-refractivity contribution is 7.83. The topological polar surface area (TPSA) is 12.9 Å². The first-order valence-corrected chi connectivity index (χ1v) is 6.23. The molecule has 2 aromatic rings. The van der Waals surface area contributed by atoms with Crippen molar-refractivity contribution in [1.29, 1.82) is 0 Å². The number of benzene rings is 1. The van der Waals surface area contributed by atoms with E-state index in [1.54, 1.807) is 11.3 Å². The second kappa shape index (κ2) is 4.43. The lowest BCUT2D eigenvalue weighted by molar-refractivity contribution is 1.50. The van der Waals surface area contributed by atoms with Crippen LogP contribution in [0.3, 0.4) is 0 Å². The zero-order chi connectivity index (χ0) is 8.10. The number of fused-ring (bicyclic) bond motifs is 1. The first kappa shape index (κ1) is 8.64. The first-order valence-electron chi connectivity index (χ1n) is 3.04. The van der Waals surface area contributed by atoms with Gasteiger partial charge in [0.2, 0.25) is 0 Å². The molecule has 56 valence electrons. The average molecular weight is 197 g/mol. The minimum Gasteiger partial charge on any atom is -0.245 e. The van der Waals surface area contributed by atoms with E-state index in [1.807, 2.05) is 23.7 Å². The predicted octanol–water partition coefficient (Wildman–Crippen LogP) is 2.03. The lowest BCUT2D eigenvalue weighted by Gasteiger charge is -1.80. The van der Waals surface area contributed by atoms with Crippen molar-refractivity contribution >= 4 is 42.1 Å². The van der Waals surface area contributed by atoms with Crippen LogP contribution in [0.1, 0.15) is 0 Å². The minimum atomic E-state index is 1.10. The van der Waals surface area contributed by atoms with E-state index in [1.165, 1.54) is 13.7 Å². The summed E-state index contributed by atoms with van der Waals surface area (Å²) >= 11 is 5.79. The molecule has 1 aromatic carbocycles. The lowest BCUT2D eigenvalue weighted by atomic mass is 10.3. The molecule has 0 amide bonds. The Morgan fingerprint density at radius 3 is 2.73 bits per heavy atom. The maximum absolute atomic E-state index is 4.14. The van der Waals surface area contributed by atoms with E-state index in [2.05, 4.69) is 22.7 Å². The fraction of sp³-hybridized carbons (Fsp3) is 0. The third-order valence-electron chi connectivity index (χ3n) is 1.24. The van der Waals surface area contributed by atoms with Crippen LogP contribution in [0.15, 0.2) is 29.8 Å². The van der Waals surface area contributed by atoms with Gasteiger partial charge in [0.1, 0.15) is 0 Å². The van der Waals surface area contributed by atoms with Gasteiger partial charge in [-0.2, -0.15) is 0 Å². The summed E-state index contributed by atoms with van der Waals surface area (Å²) in [4.78, 5) is 4.14. The number of para-hydroxylation sites is 1. The summed E-state index contributed by atoms with van der Waals surface area (Å²) in [6.45, 7) is 0. The molecule has 2 rings (SSSR count). The van der Waals surface area contributed by atoms with Gasteiger partial charge in [0.15, 0.2) is 0 Å². The third-order valence-corrected chi connectivity index (χ3v) is 2.05. The SMILES string of the molecule is [SiH2]=S.c1ccc2scnc2c1. The van der Waals surface area contributed by atoms with Crippen LogP contribution in [0.2, 0.25) is 0 Å². The van der Waals surface area contributed by atoms with Crippen molar-refractivity contribution in [2.45, 2.75) is 0 Å². The zero-order valence-electron chi connectivity index (χ0n) is 5.86. The molecule has 0 fully saturated rings. The Bertz CT molecular complexity index is 303. The molecule has 1 nitrogen and oxygen atoms in total. The van der Waals surface area contributed by atoms with Gasteiger partial charge in [-0.3, -0.25) is 0 Å². The van der Waals surface area contributed by atoms with Crippen LogP contribution in [-0.4, -0.2) is 13.9 Å². The van der Waals surface area contributed by atoms with Crippen LogP contribution in [0.25, 0.3) is 10.2 Å². The molecule has 0 unspecified atom stereocenters. The summed E-state index contributed by atoms with van der Waals surface area (Å²) in [6.07, 6.45) is 0. The van der Waals surface area contributed by atoms with Crippen LogP contribution < -0.4 is 0 Å². The summed E-state index contributed by atoms with van der Waals surface area (Å²) < 4.78 is 1.26. The van der Waals surface area contributed by atoms with Crippen LogP contribution >= 0.6 is 23.0 Å².